The lowest BCUT2D eigenvalue weighted by Gasteiger charge is -2.29. The monoisotopic (exact) mass is 404 g/mol. The summed E-state index contributed by atoms with van der Waals surface area (Å²) in [6, 6.07) is 5.77. The summed E-state index contributed by atoms with van der Waals surface area (Å²) in [6.07, 6.45) is 2.96. The molecule has 1 aromatic rings. The Balaban J connectivity index is 2.58. The number of esters is 2. The van der Waals surface area contributed by atoms with E-state index in [4.69, 9.17) is 14.6 Å². The third-order valence-electron chi connectivity index (χ3n) is 4.33. The van der Waals surface area contributed by atoms with Crippen LogP contribution in [0.1, 0.15) is 24.3 Å². The number of nitro benzene ring substituents is 1. The number of carboxylic acid groups (broad SMARTS) is 1. The van der Waals surface area contributed by atoms with Gasteiger partial charge in [0.15, 0.2) is 0 Å². The Morgan fingerprint density at radius 1 is 1.10 bits per heavy atom. The Bertz CT molecular complexity index is 856. The minimum atomic E-state index is -1.08. The van der Waals surface area contributed by atoms with E-state index in [2.05, 4.69) is 0 Å². The van der Waals surface area contributed by atoms with Crippen molar-refractivity contribution in [3.8, 4) is 0 Å². The van der Waals surface area contributed by atoms with Gasteiger partial charge in [0.2, 0.25) is 0 Å². The van der Waals surface area contributed by atoms with Crippen molar-refractivity contribution in [3.63, 3.8) is 0 Å². The molecule has 0 saturated heterocycles. The predicted octanol–water partition coefficient (Wildman–Crippen LogP) is 1.97. The van der Waals surface area contributed by atoms with Gasteiger partial charge in [0.25, 0.3) is 5.69 Å². The molecule has 0 fully saturated rings. The van der Waals surface area contributed by atoms with Crippen molar-refractivity contribution in [1.29, 1.82) is 0 Å². The normalized spacial score (nSPS) is 13.9. The molecule has 0 spiro atoms. The molecular weight excluding hydrogens is 384 g/mol. The van der Waals surface area contributed by atoms with Crippen molar-refractivity contribution in [2.24, 2.45) is 0 Å². The van der Waals surface area contributed by atoms with E-state index in [0.717, 1.165) is 14.2 Å². The van der Waals surface area contributed by atoms with E-state index >= 15 is 0 Å². The highest BCUT2D eigenvalue weighted by atomic mass is 16.6. The largest absolute Gasteiger partial charge is 0.481 e. The molecule has 0 bridgehead atoms. The molecule has 0 saturated carbocycles. The van der Waals surface area contributed by atoms with Crippen molar-refractivity contribution in [2.75, 3.05) is 20.8 Å². The lowest BCUT2D eigenvalue weighted by molar-refractivity contribution is -0.385. The number of benzene rings is 1. The molecule has 10 nitrogen and oxygen atoms in total. The number of aliphatic carboxylic acids is 1. The van der Waals surface area contributed by atoms with Crippen LogP contribution in [-0.2, 0) is 23.9 Å². The number of nitro groups is 1. The molecule has 0 unspecified atom stereocenters. The van der Waals surface area contributed by atoms with Gasteiger partial charge in [0, 0.05) is 37.0 Å². The Morgan fingerprint density at radius 3 is 2.14 bits per heavy atom. The van der Waals surface area contributed by atoms with Gasteiger partial charge in [0.05, 0.1) is 36.2 Å². The predicted molar refractivity (Wildman–Crippen MR) is 99.6 cm³/mol. The molecule has 10 heteroatoms. The van der Waals surface area contributed by atoms with Crippen LogP contribution >= 0.6 is 0 Å². The van der Waals surface area contributed by atoms with Crippen molar-refractivity contribution >= 4 is 23.6 Å². The van der Waals surface area contributed by atoms with Crippen LogP contribution in [0.15, 0.2) is 47.8 Å². The number of methoxy groups -OCH3 is 2. The maximum atomic E-state index is 12.5. The minimum Gasteiger partial charge on any atom is -0.481 e. The van der Waals surface area contributed by atoms with Gasteiger partial charge in [-0.1, -0.05) is 18.2 Å². The summed E-state index contributed by atoms with van der Waals surface area (Å²) < 4.78 is 9.63. The first-order valence-electron chi connectivity index (χ1n) is 8.61. The number of nitrogens with zero attached hydrogens (tertiary/aromatic N) is 2. The molecule has 0 aliphatic carbocycles. The Labute approximate surface area is 166 Å². The van der Waals surface area contributed by atoms with Crippen LogP contribution in [0.4, 0.5) is 5.69 Å². The van der Waals surface area contributed by atoms with Gasteiger partial charge < -0.3 is 19.5 Å². The first-order valence-corrected chi connectivity index (χ1v) is 8.61. The van der Waals surface area contributed by atoms with Crippen molar-refractivity contribution in [1.82, 2.24) is 4.90 Å². The highest BCUT2D eigenvalue weighted by Gasteiger charge is 2.38. The lowest BCUT2D eigenvalue weighted by atomic mass is 9.82. The van der Waals surface area contributed by atoms with Gasteiger partial charge in [-0.15, -0.1) is 0 Å². The summed E-state index contributed by atoms with van der Waals surface area (Å²) in [4.78, 5) is 48.0. The zero-order valence-electron chi connectivity index (χ0n) is 15.9. The number of rotatable bonds is 8. The van der Waals surface area contributed by atoms with E-state index in [9.17, 15) is 24.5 Å². The molecular formula is C19H20N2O8. The van der Waals surface area contributed by atoms with Gasteiger partial charge >= 0.3 is 17.9 Å². The standard InChI is InChI=1S/C19H20N2O8/c1-28-18(24)13-10-20(9-5-8-16(22)23)11-14(19(25)29-2)17(13)12-6-3-4-7-15(12)21(26)27/h3-4,6-7,10-11,17H,5,8-9H2,1-2H3,(H,22,23). The zero-order chi connectivity index (χ0) is 21.6. The van der Waals surface area contributed by atoms with Crippen LogP contribution in [0, 0.1) is 10.1 Å². The highest BCUT2D eigenvalue weighted by Crippen LogP contribution is 2.40. The number of para-hydroxylation sites is 1. The quantitative estimate of drug-likeness (QED) is 0.392. The molecule has 1 N–H and O–H groups in total. The summed E-state index contributed by atoms with van der Waals surface area (Å²) in [5, 5.41) is 20.3. The van der Waals surface area contributed by atoms with Crippen molar-refractivity contribution in [2.45, 2.75) is 18.8 Å². The van der Waals surface area contributed by atoms with E-state index in [1.807, 2.05) is 0 Å². The number of hydrogen-bond acceptors (Lipinski definition) is 8. The number of hydrogen-bond donors (Lipinski definition) is 1. The van der Waals surface area contributed by atoms with Gasteiger partial charge in [-0.25, -0.2) is 9.59 Å². The summed E-state index contributed by atoms with van der Waals surface area (Å²) in [5.74, 6) is -3.60. The van der Waals surface area contributed by atoms with Gasteiger partial charge in [0.1, 0.15) is 0 Å². The fourth-order valence-corrected chi connectivity index (χ4v) is 3.06. The Hall–Kier alpha value is -3.69. The fraction of sp³-hybridized carbons (Fsp3) is 0.316. The number of ether oxygens (including phenoxy) is 2. The lowest BCUT2D eigenvalue weighted by Crippen LogP contribution is -2.29. The van der Waals surface area contributed by atoms with Crippen LogP contribution in [-0.4, -0.2) is 53.6 Å². The van der Waals surface area contributed by atoms with Gasteiger partial charge in [-0.2, -0.15) is 0 Å². The first-order chi connectivity index (χ1) is 13.8. The molecule has 0 amide bonds. The van der Waals surface area contributed by atoms with Crippen molar-refractivity contribution < 1.29 is 33.9 Å². The summed E-state index contributed by atoms with van der Waals surface area (Å²) in [7, 11) is 2.31. The van der Waals surface area contributed by atoms with E-state index < -0.39 is 28.7 Å². The van der Waals surface area contributed by atoms with Gasteiger partial charge in [-0.05, 0) is 6.42 Å². The summed E-state index contributed by atoms with van der Waals surface area (Å²) in [5.41, 5.74) is -0.127. The minimum absolute atomic E-state index is 0.0000231. The van der Waals surface area contributed by atoms with Crippen LogP contribution in [0.3, 0.4) is 0 Å². The van der Waals surface area contributed by atoms with Crippen molar-refractivity contribution in [3.05, 3.63) is 63.5 Å². The van der Waals surface area contributed by atoms with Crippen LogP contribution < -0.4 is 0 Å². The topological polar surface area (TPSA) is 136 Å². The molecule has 154 valence electrons. The smallest absolute Gasteiger partial charge is 0.336 e. The summed E-state index contributed by atoms with van der Waals surface area (Å²) in [6.45, 7) is 0.205. The molecule has 1 aliphatic rings. The average molecular weight is 404 g/mol. The second-order valence-corrected chi connectivity index (χ2v) is 6.14. The fourth-order valence-electron chi connectivity index (χ4n) is 3.06. The summed E-state index contributed by atoms with van der Waals surface area (Å²) >= 11 is 0. The van der Waals surface area contributed by atoms with E-state index in [1.165, 1.54) is 35.5 Å². The SMILES string of the molecule is COC(=O)C1=CN(CCCC(=O)O)C=C(C(=O)OC)C1c1ccccc1[N+](=O)[O-]. The third kappa shape index (κ3) is 4.98. The Morgan fingerprint density at radius 2 is 1.66 bits per heavy atom. The molecule has 1 aromatic carbocycles. The maximum absolute atomic E-state index is 12.5. The van der Waals surface area contributed by atoms with E-state index in [1.54, 1.807) is 6.07 Å². The number of carbonyl (C=O) groups is 3. The molecule has 0 radical (unpaired) electrons. The second-order valence-electron chi connectivity index (χ2n) is 6.14. The van der Waals surface area contributed by atoms with Crippen LogP contribution in [0.5, 0.6) is 0 Å². The molecule has 29 heavy (non-hydrogen) atoms. The van der Waals surface area contributed by atoms with E-state index in [0.29, 0.717) is 0 Å². The second kappa shape index (κ2) is 9.49. The number of carboxylic acids is 1. The molecule has 2 rings (SSSR count). The zero-order valence-corrected chi connectivity index (χ0v) is 15.9. The third-order valence-corrected chi connectivity index (χ3v) is 4.33. The molecule has 0 atom stereocenters. The van der Waals surface area contributed by atoms with Gasteiger partial charge in [-0.3, -0.25) is 14.9 Å². The highest BCUT2D eigenvalue weighted by molar-refractivity contribution is 5.99. The Kier molecular flexibility index (Phi) is 7.07. The first kappa shape index (κ1) is 21.6. The maximum Gasteiger partial charge on any atom is 0.336 e. The molecule has 1 aliphatic heterocycles. The average Bonchev–Trinajstić information content (AvgIpc) is 2.71. The number of carbonyl (C=O) groups excluding carboxylic acids is 2. The van der Waals surface area contributed by atoms with E-state index in [-0.39, 0.29) is 41.8 Å². The molecule has 1 heterocycles. The van der Waals surface area contributed by atoms with Crippen LogP contribution in [0.2, 0.25) is 0 Å². The molecule has 0 aromatic heterocycles. The van der Waals surface area contributed by atoms with Crippen LogP contribution in [0.25, 0.3) is 0 Å².